The number of likely N-dealkylation sites (N-methyl/N-ethyl adjacent to an activating group) is 1. The maximum absolute atomic E-state index is 12.9. The van der Waals surface area contributed by atoms with Crippen LogP contribution in [0.25, 0.3) is 10.9 Å². The Bertz CT molecular complexity index is 870. The van der Waals surface area contributed by atoms with Crippen LogP contribution >= 0.6 is 0 Å². The highest BCUT2D eigenvalue weighted by atomic mass is 16.2. The number of para-hydroxylation sites is 1. The molecule has 3 atom stereocenters. The Labute approximate surface area is 153 Å². The van der Waals surface area contributed by atoms with Crippen LogP contribution in [-0.4, -0.2) is 46.8 Å². The minimum Gasteiger partial charge on any atom is -0.350 e. The van der Waals surface area contributed by atoms with E-state index in [-0.39, 0.29) is 29.7 Å². The largest absolute Gasteiger partial charge is 0.350 e. The predicted octanol–water partition coefficient (Wildman–Crippen LogP) is 2.73. The monoisotopic (exact) mass is 351 g/mol. The molecule has 1 fully saturated rings. The van der Waals surface area contributed by atoms with E-state index in [0.29, 0.717) is 19.4 Å². The summed E-state index contributed by atoms with van der Waals surface area (Å²) in [5, 5.41) is 1.17. The molecule has 2 amide bonds. The standard InChI is InChI=1S/C21H25N3O2/c1-22(2)19(17-12-23(3)18-11-7-6-8-14(17)18)13-24-20(25)15-9-4-5-10-16(15)21(24)26/h4-8,11-12,15-16,19H,9-10,13H2,1-3H3/t15-,16+,19-/m1/s1. The molecule has 136 valence electrons. The normalized spacial score (nSPS) is 23.9. The quantitative estimate of drug-likeness (QED) is 0.628. The third kappa shape index (κ3) is 2.58. The summed E-state index contributed by atoms with van der Waals surface area (Å²) in [6, 6.07) is 8.24. The van der Waals surface area contributed by atoms with Gasteiger partial charge < -0.3 is 9.47 Å². The molecule has 0 N–H and O–H groups in total. The van der Waals surface area contributed by atoms with Gasteiger partial charge in [-0.1, -0.05) is 30.4 Å². The van der Waals surface area contributed by atoms with Crippen LogP contribution in [0.15, 0.2) is 42.6 Å². The lowest BCUT2D eigenvalue weighted by atomic mass is 9.85. The third-order valence-electron chi connectivity index (χ3n) is 5.86. The molecule has 0 bridgehead atoms. The number of carbonyl (C=O) groups is 2. The molecule has 26 heavy (non-hydrogen) atoms. The smallest absolute Gasteiger partial charge is 0.233 e. The van der Waals surface area contributed by atoms with Gasteiger partial charge in [-0.25, -0.2) is 0 Å². The lowest BCUT2D eigenvalue weighted by Gasteiger charge is -2.28. The summed E-state index contributed by atoms with van der Waals surface area (Å²) in [6.07, 6.45) is 7.56. The fourth-order valence-corrected chi connectivity index (χ4v) is 4.40. The molecule has 0 saturated carbocycles. The first-order chi connectivity index (χ1) is 12.5. The molecule has 2 aliphatic rings. The van der Waals surface area contributed by atoms with Crippen molar-refractivity contribution in [3.05, 3.63) is 48.2 Å². The summed E-state index contributed by atoms with van der Waals surface area (Å²) in [6.45, 7) is 0.408. The summed E-state index contributed by atoms with van der Waals surface area (Å²) in [5.74, 6) is -0.335. The van der Waals surface area contributed by atoms with Gasteiger partial charge in [0, 0.05) is 30.7 Å². The summed E-state index contributed by atoms with van der Waals surface area (Å²) in [7, 11) is 6.04. The second kappa shape index (κ2) is 6.40. The van der Waals surface area contributed by atoms with E-state index in [2.05, 4.69) is 27.8 Å². The number of fused-ring (bicyclic) bond motifs is 2. The van der Waals surface area contributed by atoms with Gasteiger partial charge >= 0.3 is 0 Å². The van der Waals surface area contributed by atoms with E-state index in [4.69, 9.17) is 0 Å². The molecule has 4 rings (SSSR count). The highest BCUT2D eigenvalue weighted by Crippen LogP contribution is 2.37. The molecule has 0 spiro atoms. The zero-order chi connectivity index (χ0) is 18.4. The number of aromatic nitrogens is 1. The predicted molar refractivity (Wildman–Crippen MR) is 101 cm³/mol. The molecule has 5 nitrogen and oxygen atoms in total. The van der Waals surface area contributed by atoms with Crippen LogP contribution in [0.4, 0.5) is 0 Å². The number of rotatable bonds is 4. The molecule has 0 unspecified atom stereocenters. The van der Waals surface area contributed by atoms with E-state index in [9.17, 15) is 9.59 Å². The molecule has 2 heterocycles. The summed E-state index contributed by atoms with van der Waals surface area (Å²) >= 11 is 0. The number of hydrogen-bond acceptors (Lipinski definition) is 3. The molecule has 2 aromatic rings. The second-order valence-corrected chi connectivity index (χ2v) is 7.63. The van der Waals surface area contributed by atoms with Crippen molar-refractivity contribution in [1.29, 1.82) is 0 Å². The maximum atomic E-state index is 12.9. The zero-order valence-electron chi connectivity index (χ0n) is 15.6. The van der Waals surface area contributed by atoms with Crippen LogP contribution in [0.2, 0.25) is 0 Å². The minimum atomic E-state index is -0.164. The van der Waals surface area contributed by atoms with Crippen molar-refractivity contribution in [2.24, 2.45) is 18.9 Å². The third-order valence-corrected chi connectivity index (χ3v) is 5.86. The van der Waals surface area contributed by atoms with E-state index in [1.807, 2.05) is 45.4 Å². The average Bonchev–Trinajstić information content (AvgIpc) is 3.09. The summed E-state index contributed by atoms with van der Waals surface area (Å²) in [4.78, 5) is 29.3. The van der Waals surface area contributed by atoms with Gasteiger partial charge in [0.1, 0.15) is 0 Å². The first kappa shape index (κ1) is 17.0. The van der Waals surface area contributed by atoms with Crippen molar-refractivity contribution in [2.75, 3.05) is 20.6 Å². The van der Waals surface area contributed by atoms with Gasteiger partial charge in [-0.15, -0.1) is 0 Å². The van der Waals surface area contributed by atoms with Gasteiger partial charge in [0.2, 0.25) is 11.8 Å². The molecular weight excluding hydrogens is 326 g/mol. The summed E-state index contributed by atoms with van der Waals surface area (Å²) in [5.41, 5.74) is 2.31. The zero-order valence-corrected chi connectivity index (χ0v) is 15.6. The molecule has 1 aliphatic heterocycles. The molecule has 1 aromatic carbocycles. The van der Waals surface area contributed by atoms with E-state index >= 15 is 0 Å². The van der Waals surface area contributed by atoms with Crippen LogP contribution in [0.1, 0.15) is 24.4 Å². The number of benzene rings is 1. The average molecular weight is 351 g/mol. The number of nitrogens with zero attached hydrogens (tertiary/aromatic N) is 3. The van der Waals surface area contributed by atoms with Crippen molar-refractivity contribution in [2.45, 2.75) is 18.9 Å². The SMILES string of the molecule is CN(C)[C@H](CN1C(=O)[C@H]2CC=CC[C@H]2C1=O)c1cn(C)c2ccccc12. The molecular formula is C21H25N3O2. The lowest BCUT2D eigenvalue weighted by molar-refractivity contribution is -0.140. The lowest BCUT2D eigenvalue weighted by Crippen LogP contribution is -2.39. The maximum Gasteiger partial charge on any atom is 0.233 e. The van der Waals surface area contributed by atoms with Gasteiger partial charge in [-0.2, -0.15) is 0 Å². The highest BCUT2D eigenvalue weighted by molar-refractivity contribution is 6.05. The Kier molecular flexibility index (Phi) is 4.19. The topological polar surface area (TPSA) is 45.6 Å². The first-order valence-corrected chi connectivity index (χ1v) is 9.19. The number of imide groups is 1. The van der Waals surface area contributed by atoms with Crippen molar-refractivity contribution in [1.82, 2.24) is 14.4 Å². The van der Waals surface area contributed by atoms with E-state index < -0.39 is 0 Å². The Morgan fingerprint density at radius 3 is 2.31 bits per heavy atom. The minimum absolute atomic E-state index is 0.00330. The van der Waals surface area contributed by atoms with Gasteiger partial charge in [0.25, 0.3) is 0 Å². The van der Waals surface area contributed by atoms with Crippen LogP contribution in [0.3, 0.4) is 0 Å². The van der Waals surface area contributed by atoms with Crippen LogP contribution in [0.5, 0.6) is 0 Å². The van der Waals surface area contributed by atoms with Crippen molar-refractivity contribution in [3.8, 4) is 0 Å². The van der Waals surface area contributed by atoms with Crippen molar-refractivity contribution in [3.63, 3.8) is 0 Å². The fraction of sp³-hybridized carbons (Fsp3) is 0.429. The van der Waals surface area contributed by atoms with E-state index in [1.54, 1.807) is 0 Å². The van der Waals surface area contributed by atoms with Gasteiger partial charge in [0.15, 0.2) is 0 Å². The number of likely N-dealkylation sites (tertiary alicyclic amines) is 1. The number of hydrogen-bond donors (Lipinski definition) is 0. The molecule has 1 aromatic heterocycles. The molecule has 1 aliphatic carbocycles. The Hall–Kier alpha value is -2.40. The van der Waals surface area contributed by atoms with Gasteiger partial charge in [-0.05, 0) is 38.6 Å². The van der Waals surface area contributed by atoms with Gasteiger partial charge in [0.05, 0.1) is 17.9 Å². The Morgan fingerprint density at radius 1 is 1.08 bits per heavy atom. The van der Waals surface area contributed by atoms with Crippen LogP contribution in [0, 0.1) is 11.8 Å². The molecule has 5 heteroatoms. The van der Waals surface area contributed by atoms with Crippen molar-refractivity contribution >= 4 is 22.7 Å². The molecule has 1 saturated heterocycles. The van der Waals surface area contributed by atoms with E-state index in [1.165, 1.54) is 10.3 Å². The number of carbonyl (C=O) groups excluding carboxylic acids is 2. The van der Waals surface area contributed by atoms with Gasteiger partial charge in [-0.3, -0.25) is 14.5 Å². The summed E-state index contributed by atoms with van der Waals surface area (Å²) < 4.78 is 2.11. The first-order valence-electron chi connectivity index (χ1n) is 9.19. The fourth-order valence-electron chi connectivity index (χ4n) is 4.40. The van der Waals surface area contributed by atoms with Crippen LogP contribution in [-0.2, 0) is 16.6 Å². The molecule has 0 radical (unpaired) electrons. The van der Waals surface area contributed by atoms with E-state index in [0.717, 1.165) is 11.1 Å². The highest BCUT2D eigenvalue weighted by Gasteiger charge is 2.47. The number of aryl methyl sites for hydroxylation is 1. The Balaban J connectivity index is 1.68. The number of amides is 2. The van der Waals surface area contributed by atoms with Crippen LogP contribution < -0.4 is 0 Å². The van der Waals surface area contributed by atoms with Crippen molar-refractivity contribution < 1.29 is 9.59 Å². The Morgan fingerprint density at radius 2 is 1.69 bits per heavy atom. The number of allylic oxidation sites excluding steroid dienone is 2. The second-order valence-electron chi connectivity index (χ2n) is 7.63.